The molecule has 0 aromatic carbocycles. The van der Waals surface area contributed by atoms with Crippen molar-refractivity contribution in [1.82, 2.24) is 60.0 Å². The van der Waals surface area contributed by atoms with Gasteiger partial charge in [-0.15, -0.1) is 11.6 Å². The number of amides is 11. The number of halogens is 4. The monoisotopic (exact) mass is 1460 g/mol. The van der Waals surface area contributed by atoms with Crippen LogP contribution in [-0.4, -0.2) is 276 Å². The summed E-state index contributed by atoms with van der Waals surface area (Å²) in [4.78, 5) is 179. The quantitative estimate of drug-likeness (QED) is 0.191. The molecule has 4 aliphatic heterocycles. The van der Waals surface area contributed by atoms with E-state index in [1.807, 2.05) is 27.7 Å². The lowest BCUT2D eigenvalue weighted by atomic mass is 9.78. The van der Waals surface area contributed by atoms with Crippen molar-refractivity contribution in [2.45, 2.75) is 273 Å². The van der Waals surface area contributed by atoms with Gasteiger partial charge < -0.3 is 59.9 Å². The summed E-state index contributed by atoms with van der Waals surface area (Å²) in [6.45, 7) is 7.57. The Morgan fingerprint density at radius 2 is 1.25 bits per heavy atom. The molecule has 0 aromatic heterocycles. The third-order valence-electron chi connectivity index (χ3n) is 24.3. The topological polar surface area (TPSA) is 262 Å². The summed E-state index contributed by atoms with van der Waals surface area (Å²) in [6, 6.07) is -8.21. The van der Waals surface area contributed by atoms with E-state index in [4.69, 9.17) is 16.3 Å². The zero-order valence-electron chi connectivity index (χ0n) is 62.7. The number of fused-ring (bicyclic) bond motifs is 3. The van der Waals surface area contributed by atoms with Gasteiger partial charge in [-0.1, -0.05) is 98.3 Å². The van der Waals surface area contributed by atoms with Crippen molar-refractivity contribution < 1.29 is 70.6 Å². The molecule has 4 saturated heterocycles. The maximum atomic E-state index is 16.0. The Kier molecular flexibility index (Phi) is 29.2. The summed E-state index contributed by atoms with van der Waals surface area (Å²) in [5, 5.41) is 8.01. The molecule has 28 heteroatoms. The fraction of sp³-hybridized carbons (Fsp3) is 0.851. The molecule has 102 heavy (non-hydrogen) atoms. The van der Waals surface area contributed by atoms with Gasteiger partial charge in [-0.2, -0.15) is 13.2 Å². The van der Waals surface area contributed by atoms with E-state index in [1.54, 1.807) is 23.9 Å². The number of hydrogen-bond acceptors (Lipinski definition) is 13. The molecular formula is C74H120ClF3N12O12. The highest BCUT2D eigenvalue weighted by atomic mass is 35.5. The van der Waals surface area contributed by atoms with E-state index in [2.05, 4.69) is 16.0 Å². The van der Waals surface area contributed by atoms with Crippen LogP contribution in [0.3, 0.4) is 0 Å². The Labute approximate surface area is 608 Å². The molecular weight excluding hydrogens is 1340 g/mol. The number of hydrogen-bond donors (Lipinski definition) is 3. The summed E-state index contributed by atoms with van der Waals surface area (Å²) < 4.78 is 48.0. The van der Waals surface area contributed by atoms with Crippen LogP contribution in [-0.2, 0) is 57.5 Å². The molecule has 8 aliphatic rings. The van der Waals surface area contributed by atoms with Gasteiger partial charge in [0, 0.05) is 66.8 Å². The predicted octanol–water partition coefficient (Wildman–Crippen LogP) is 6.34. The molecule has 1 spiro atoms. The minimum atomic E-state index is -4.50. The molecule has 8 fully saturated rings. The van der Waals surface area contributed by atoms with Crippen molar-refractivity contribution in [3.05, 3.63) is 0 Å². The zero-order valence-corrected chi connectivity index (χ0v) is 63.5. The van der Waals surface area contributed by atoms with E-state index in [0.29, 0.717) is 51.4 Å². The minimum Gasteiger partial charge on any atom is -0.377 e. The number of likely N-dealkylation sites (N-methyl/N-ethyl adjacent to an activating group) is 7. The van der Waals surface area contributed by atoms with E-state index in [1.165, 1.54) is 69.5 Å². The summed E-state index contributed by atoms with van der Waals surface area (Å²) in [5.74, 6) is -8.60. The average Bonchev–Trinajstić information content (AvgIpc) is 1.47. The molecule has 8 rings (SSSR count). The maximum absolute atomic E-state index is 16.0. The first-order valence-corrected chi connectivity index (χ1v) is 38.7. The second kappa shape index (κ2) is 36.4. The molecule has 576 valence electrons. The number of nitrogens with zero attached hydrogens (tertiary/aromatic N) is 9. The SMILES string of the molecule is CC[C@H](C)[C@H]1CN(C)CC(=O)N(C)CC(=O)N(C)[C@@H](CC2CCCCC2)C(=O)N(C)CC(=O)N[C@@H](CCC2CCC(C(F)(F)F)C(Cl)C2)C(=O)N2CCC[C@H]2C(=O)NC2(CCCC2)C(=O)N(C)[C@@H](C2CCCCC2)C(=O)N(C)[C@H](C(=O)N2C3CCC2COC3)CC(=O)N(C)[C@@H](CC(C)C)C(=O)N1. The third-order valence-corrected chi connectivity index (χ3v) is 24.8. The van der Waals surface area contributed by atoms with Crippen LogP contribution < -0.4 is 16.0 Å². The van der Waals surface area contributed by atoms with Gasteiger partial charge in [-0.05, 0) is 133 Å². The Balaban J connectivity index is 1.16. The van der Waals surface area contributed by atoms with Crippen molar-refractivity contribution in [1.29, 1.82) is 0 Å². The average molecular weight is 1460 g/mol. The van der Waals surface area contributed by atoms with Gasteiger partial charge in [-0.3, -0.25) is 57.6 Å². The van der Waals surface area contributed by atoms with Crippen LogP contribution in [0.1, 0.15) is 201 Å². The highest BCUT2D eigenvalue weighted by Gasteiger charge is 2.53. The van der Waals surface area contributed by atoms with Crippen LogP contribution in [0.15, 0.2) is 0 Å². The zero-order chi connectivity index (χ0) is 74.7. The van der Waals surface area contributed by atoms with Gasteiger partial charge in [0.1, 0.15) is 41.8 Å². The Hall–Kier alpha value is -5.83. The number of morpholine rings is 1. The molecule has 13 atom stereocenters. The lowest BCUT2D eigenvalue weighted by Crippen LogP contribution is -2.65. The first kappa shape index (κ1) is 81.8. The van der Waals surface area contributed by atoms with Crippen LogP contribution >= 0.6 is 11.6 Å². The normalized spacial score (nSPS) is 31.8. The Morgan fingerprint density at radius 3 is 1.86 bits per heavy atom. The van der Waals surface area contributed by atoms with Crippen molar-refractivity contribution in [2.24, 2.45) is 35.5 Å². The molecule has 4 saturated carbocycles. The van der Waals surface area contributed by atoms with Gasteiger partial charge in [0.05, 0.1) is 57.3 Å². The molecule has 4 aliphatic carbocycles. The molecule has 4 heterocycles. The first-order valence-electron chi connectivity index (χ1n) is 38.3. The molecule has 11 amide bonds. The van der Waals surface area contributed by atoms with Crippen LogP contribution in [0.5, 0.6) is 0 Å². The number of ether oxygens (including phenoxy) is 1. The highest BCUT2D eigenvalue weighted by Crippen LogP contribution is 2.44. The van der Waals surface area contributed by atoms with Gasteiger partial charge >= 0.3 is 6.18 Å². The highest BCUT2D eigenvalue weighted by molar-refractivity contribution is 6.20. The second-order valence-electron chi connectivity index (χ2n) is 32.2. The second-order valence-corrected chi connectivity index (χ2v) is 32.7. The third kappa shape index (κ3) is 20.2. The largest absolute Gasteiger partial charge is 0.393 e. The van der Waals surface area contributed by atoms with Crippen molar-refractivity contribution >= 4 is 76.6 Å². The molecule has 5 unspecified atom stereocenters. The van der Waals surface area contributed by atoms with Gasteiger partial charge in [0.25, 0.3) is 0 Å². The summed E-state index contributed by atoms with van der Waals surface area (Å²) in [5.41, 5.74) is -1.54. The number of nitrogens with one attached hydrogen (secondary N) is 3. The number of carbonyl (C=O) groups is 11. The molecule has 0 radical (unpaired) electrons. The van der Waals surface area contributed by atoms with Crippen molar-refractivity contribution in [2.75, 3.05) is 95.3 Å². The van der Waals surface area contributed by atoms with E-state index in [9.17, 15) is 37.1 Å². The van der Waals surface area contributed by atoms with Crippen LogP contribution in [0.2, 0.25) is 0 Å². The lowest BCUT2D eigenvalue weighted by molar-refractivity contribution is -0.182. The molecule has 3 N–H and O–H groups in total. The number of rotatable bonds is 11. The van der Waals surface area contributed by atoms with E-state index < -0.39 is 150 Å². The molecule has 0 aromatic rings. The smallest absolute Gasteiger partial charge is 0.377 e. The summed E-state index contributed by atoms with van der Waals surface area (Å²) in [7, 11) is 10.8. The van der Waals surface area contributed by atoms with E-state index in [-0.39, 0.29) is 139 Å². The Bertz CT molecular complexity index is 2930. The fourth-order valence-electron chi connectivity index (χ4n) is 17.8. The van der Waals surface area contributed by atoms with Crippen LogP contribution in [0.4, 0.5) is 13.2 Å². The molecule has 2 bridgehead atoms. The van der Waals surface area contributed by atoms with Gasteiger partial charge in [0.15, 0.2) is 0 Å². The van der Waals surface area contributed by atoms with Gasteiger partial charge in [0.2, 0.25) is 65.0 Å². The first-order chi connectivity index (χ1) is 48.2. The number of alkyl halides is 4. The predicted molar refractivity (Wildman–Crippen MR) is 378 cm³/mol. The number of carbonyl (C=O) groups excluding carboxylic acids is 11. The van der Waals surface area contributed by atoms with Crippen molar-refractivity contribution in [3.8, 4) is 0 Å². The molecule has 24 nitrogen and oxygen atoms in total. The maximum Gasteiger partial charge on any atom is 0.393 e. The Morgan fingerprint density at radius 1 is 0.627 bits per heavy atom. The van der Waals surface area contributed by atoms with Crippen LogP contribution in [0.25, 0.3) is 0 Å². The fourth-order valence-corrected chi connectivity index (χ4v) is 18.3. The lowest BCUT2D eigenvalue weighted by Gasteiger charge is -2.44. The minimum absolute atomic E-state index is 0.0140. The van der Waals surface area contributed by atoms with Crippen molar-refractivity contribution in [3.63, 3.8) is 0 Å². The summed E-state index contributed by atoms with van der Waals surface area (Å²) >= 11 is 6.43. The summed E-state index contributed by atoms with van der Waals surface area (Å²) in [6.07, 6.45) is 7.78. The van der Waals surface area contributed by atoms with Gasteiger partial charge in [-0.25, -0.2) is 0 Å². The standard InChI is InChI=1S/C74H120ClF3N12O12/c1-12-47(4)56-40-82(5)42-63(93)83(6)43-64(94)86(9)59(38-48-22-15-13-16-23-48)69(98)84(7)41-61(91)79-55(32-28-49-27-31-53(54(75)37-49)74(76,77)78)68(97)89-35-21-26-57(89)67(96)81-73(33-19-20-34-73)72(101)88(11)65(50-24-17-14-18-25-50)71(100)87(10)60(70(99)90-51-29-30-52(90)45-102-44-51)39-62(92)85(8)58(36-46(2)3)66(95)80-56/h46-60,65H,12-45H2,1-11H3,(H,79,91)(H,80,95)(H,81,96)/t47-,49?,51?,52?,53?,54?,55-,56+,57-,58-,59-,60-,65-/m0/s1. The van der Waals surface area contributed by atoms with Crippen LogP contribution in [0, 0.1) is 35.5 Å². The van der Waals surface area contributed by atoms with E-state index >= 15 is 28.8 Å². The van der Waals surface area contributed by atoms with E-state index in [0.717, 1.165) is 51.4 Å².